The fraction of sp³-hybridized carbons (Fsp3) is 1.00. The van der Waals surface area contributed by atoms with Crippen LogP contribution in [0.1, 0.15) is 39.0 Å². The molecule has 0 bridgehead atoms. The molecule has 0 atom stereocenters. The van der Waals surface area contributed by atoms with E-state index in [-0.39, 0.29) is 0 Å². The summed E-state index contributed by atoms with van der Waals surface area (Å²) in [4.78, 5) is 0. The maximum absolute atomic E-state index is 5.45. The first kappa shape index (κ1) is 14.9. The van der Waals surface area contributed by atoms with Gasteiger partial charge in [0.15, 0.2) is 0 Å². The lowest BCUT2D eigenvalue weighted by atomic mass is 10.2. The minimum absolute atomic E-state index is 0.746. The zero-order valence-corrected chi connectivity index (χ0v) is 10.4. The van der Waals surface area contributed by atoms with E-state index < -0.39 is 0 Å². The summed E-state index contributed by atoms with van der Waals surface area (Å²) in [5.74, 6) is 0. The lowest BCUT2D eigenvalue weighted by molar-refractivity contribution is 0.0453. The van der Waals surface area contributed by atoms with Crippen LogP contribution in [0, 0.1) is 0 Å². The molecule has 0 spiro atoms. The summed E-state index contributed by atoms with van der Waals surface area (Å²) in [6.07, 6.45) is 6.01. The Kier molecular flexibility index (Phi) is 13.8. The molecule has 0 fully saturated rings. The molecule has 0 aromatic heterocycles. The largest absolute Gasteiger partial charge is 0.379 e. The number of ether oxygens (including phenoxy) is 2. The van der Waals surface area contributed by atoms with Gasteiger partial charge in [-0.1, -0.05) is 13.3 Å². The van der Waals surface area contributed by atoms with Crippen LogP contribution in [0.4, 0.5) is 0 Å². The monoisotopic (exact) mass is 217 g/mol. The molecule has 0 radical (unpaired) electrons. The highest BCUT2D eigenvalue weighted by Crippen LogP contribution is 1.94. The van der Waals surface area contributed by atoms with Crippen molar-refractivity contribution in [2.75, 3.05) is 40.0 Å². The van der Waals surface area contributed by atoms with Crippen LogP contribution < -0.4 is 5.32 Å². The summed E-state index contributed by atoms with van der Waals surface area (Å²) in [7, 11) is 1.99. The molecule has 0 amide bonds. The lowest BCUT2D eigenvalue weighted by Crippen LogP contribution is -2.08. The normalized spacial score (nSPS) is 10.8. The molecule has 0 aromatic rings. The van der Waals surface area contributed by atoms with Gasteiger partial charge in [0, 0.05) is 13.2 Å². The van der Waals surface area contributed by atoms with E-state index in [9.17, 15) is 0 Å². The van der Waals surface area contributed by atoms with E-state index in [0.717, 1.165) is 45.8 Å². The second-order valence-electron chi connectivity index (χ2n) is 3.74. The van der Waals surface area contributed by atoms with Crippen molar-refractivity contribution in [3.05, 3.63) is 0 Å². The Morgan fingerprint density at radius 3 is 2.07 bits per heavy atom. The molecule has 0 aliphatic rings. The number of rotatable bonds is 12. The van der Waals surface area contributed by atoms with Crippen molar-refractivity contribution in [1.82, 2.24) is 5.32 Å². The minimum atomic E-state index is 0.746. The molecule has 0 rings (SSSR count). The third kappa shape index (κ3) is 13.9. The highest BCUT2D eigenvalue weighted by Gasteiger charge is 1.91. The molecule has 92 valence electrons. The highest BCUT2D eigenvalue weighted by molar-refractivity contribution is 4.43. The zero-order chi connectivity index (χ0) is 11.2. The molecule has 0 aliphatic carbocycles. The maximum Gasteiger partial charge on any atom is 0.0700 e. The average Bonchev–Trinajstić information content (AvgIpc) is 2.26. The van der Waals surface area contributed by atoms with Crippen molar-refractivity contribution in [3.8, 4) is 0 Å². The van der Waals surface area contributed by atoms with Crippen LogP contribution in [-0.2, 0) is 9.47 Å². The molecule has 15 heavy (non-hydrogen) atoms. The van der Waals surface area contributed by atoms with Gasteiger partial charge in [0.25, 0.3) is 0 Å². The molecule has 0 aromatic carbocycles. The topological polar surface area (TPSA) is 30.5 Å². The van der Waals surface area contributed by atoms with Gasteiger partial charge in [-0.3, -0.25) is 0 Å². The van der Waals surface area contributed by atoms with Gasteiger partial charge in [-0.25, -0.2) is 0 Å². The molecule has 0 unspecified atom stereocenters. The number of nitrogens with one attached hydrogen (secondary N) is 1. The van der Waals surface area contributed by atoms with Gasteiger partial charge >= 0.3 is 0 Å². The van der Waals surface area contributed by atoms with E-state index in [1.807, 2.05) is 7.05 Å². The summed E-state index contributed by atoms with van der Waals surface area (Å²) < 4.78 is 10.8. The van der Waals surface area contributed by atoms with Crippen LogP contribution in [0.15, 0.2) is 0 Å². The van der Waals surface area contributed by atoms with Crippen LogP contribution >= 0.6 is 0 Å². The van der Waals surface area contributed by atoms with E-state index >= 15 is 0 Å². The van der Waals surface area contributed by atoms with Crippen LogP contribution in [0.2, 0.25) is 0 Å². The van der Waals surface area contributed by atoms with Gasteiger partial charge in [0.05, 0.1) is 13.2 Å². The summed E-state index contributed by atoms with van der Waals surface area (Å²) in [6, 6.07) is 0. The first-order chi connectivity index (χ1) is 7.41. The van der Waals surface area contributed by atoms with Crippen molar-refractivity contribution in [2.45, 2.75) is 39.0 Å². The summed E-state index contributed by atoms with van der Waals surface area (Å²) >= 11 is 0. The number of unbranched alkanes of at least 4 members (excludes halogenated alkanes) is 3. The van der Waals surface area contributed by atoms with Crippen LogP contribution in [0.25, 0.3) is 0 Å². The maximum atomic E-state index is 5.45. The molecular weight excluding hydrogens is 190 g/mol. The van der Waals surface area contributed by atoms with E-state index in [4.69, 9.17) is 9.47 Å². The van der Waals surface area contributed by atoms with Gasteiger partial charge in [0.1, 0.15) is 0 Å². The molecule has 1 N–H and O–H groups in total. The summed E-state index contributed by atoms with van der Waals surface area (Å²) in [5.41, 5.74) is 0. The summed E-state index contributed by atoms with van der Waals surface area (Å²) in [5, 5.41) is 3.14. The third-order valence-corrected chi connectivity index (χ3v) is 2.23. The minimum Gasteiger partial charge on any atom is -0.379 e. The first-order valence-electron chi connectivity index (χ1n) is 6.22. The van der Waals surface area contributed by atoms with Crippen LogP contribution in [0.5, 0.6) is 0 Å². The fourth-order valence-corrected chi connectivity index (χ4v) is 1.25. The smallest absolute Gasteiger partial charge is 0.0700 e. The molecule has 0 aliphatic heterocycles. The van der Waals surface area contributed by atoms with Crippen molar-refractivity contribution in [3.63, 3.8) is 0 Å². The molecule has 0 saturated carbocycles. The Hall–Kier alpha value is -0.120. The van der Waals surface area contributed by atoms with Crippen molar-refractivity contribution in [2.24, 2.45) is 0 Å². The SMILES string of the molecule is CCCCOCCOCCCCCNC. The second-order valence-corrected chi connectivity index (χ2v) is 3.74. The zero-order valence-electron chi connectivity index (χ0n) is 10.4. The summed E-state index contributed by atoms with van der Waals surface area (Å²) in [6.45, 7) is 6.53. The Bertz CT molecular complexity index is 97.8. The standard InChI is InChI=1S/C12H27NO2/c1-3-4-9-14-11-12-15-10-7-5-6-8-13-2/h13H,3-12H2,1-2H3. The number of hydrogen-bond acceptors (Lipinski definition) is 3. The van der Waals surface area contributed by atoms with Crippen molar-refractivity contribution < 1.29 is 9.47 Å². The molecular formula is C12H27NO2. The second kappa shape index (κ2) is 13.9. The Morgan fingerprint density at radius 2 is 1.47 bits per heavy atom. The van der Waals surface area contributed by atoms with Crippen LogP contribution in [-0.4, -0.2) is 40.0 Å². The Balaban J connectivity index is 2.81. The van der Waals surface area contributed by atoms with E-state index in [2.05, 4.69) is 12.2 Å². The van der Waals surface area contributed by atoms with Gasteiger partial charge in [-0.2, -0.15) is 0 Å². The average molecular weight is 217 g/mol. The fourth-order valence-electron chi connectivity index (χ4n) is 1.25. The van der Waals surface area contributed by atoms with Gasteiger partial charge < -0.3 is 14.8 Å². The lowest BCUT2D eigenvalue weighted by Gasteiger charge is -2.05. The quantitative estimate of drug-likeness (QED) is 0.508. The third-order valence-electron chi connectivity index (χ3n) is 2.23. The van der Waals surface area contributed by atoms with Crippen molar-refractivity contribution >= 4 is 0 Å². The predicted octanol–water partition coefficient (Wildman–Crippen LogP) is 2.21. The first-order valence-corrected chi connectivity index (χ1v) is 6.22. The van der Waals surface area contributed by atoms with E-state index in [1.54, 1.807) is 0 Å². The van der Waals surface area contributed by atoms with Gasteiger partial charge in [0.2, 0.25) is 0 Å². The van der Waals surface area contributed by atoms with Crippen LogP contribution in [0.3, 0.4) is 0 Å². The molecule has 3 nitrogen and oxygen atoms in total. The predicted molar refractivity (Wildman–Crippen MR) is 64.3 cm³/mol. The van der Waals surface area contributed by atoms with Gasteiger partial charge in [-0.05, 0) is 39.3 Å². The van der Waals surface area contributed by atoms with Gasteiger partial charge in [-0.15, -0.1) is 0 Å². The Labute approximate surface area is 94.5 Å². The highest BCUT2D eigenvalue weighted by atomic mass is 16.5. The van der Waals surface area contributed by atoms with E-state index in [0.29, 0.717) is 0 Å². The molecule has 0 heterocycles. The Morgan fingerprint density at radius 1 is 0.800 bits per heavy atom. The van der Waals surface area contributed by atoms with E-state index in [1.165, 1.54) is 19.3 Å². The number of hydrogen-bond donors (Lipinski definition) is 1. The molecule has 0 saturated heterocycles. The van der Waals surface area contributed by atoms with Crippen molar-refractivity contribution in [1.29, 1.82) is 0 Å². The molecule has 3 heteroatoms.